The van der Waals surface area contributed by atoms with Gasteiger partial charge in [0.25, 0.3) is 5.91 Å². The molecule has 0 fully saturated rings. The summed E-state index contributed by atoms with van der Waals surface area (Å²) in [5, 5.41) is 17.4. The van der Waals surface area contributed by atoms with Crippen LogP contribution in [0.4, 0.5) is 0 Å². The summed E-state index contributed by atoms with van der Waals surface area (Å²) in [6.07, 6.45) is 0.309. The van der Waals surface area contributed by atoms with E-state index in [0.717, 1.165) is 25.9 Å². The number of carbonyl (C=O) groups excluding carboxylic acids is 2. The molecule has 0 aliphatic rings. The Morgan fingerprint density at radius 2 is 1.72 bits per heavy atom. The monoisotopic (exact) mass is 464 g/mol. The number of amides is 1. The first-order chi connectivity index (χ1) is 15.6. The molecule has 0 aliphatic heterocycles. The number of carbonyl (C=O) groups is 2. The predicted octanol–water partition coefficient (Wildman–Crippen LogP) is 4.40. The fraction of sp³-hybridized carbons (Fsp3) is 0.261. The van der Waals surface area contributed by atoms with Gasteiger partial charge in [0.15, 0.2) is 10.9 Å². The van der Waals surface area contributed by atoms with Crippen LogP contribution in [0, 0.1) is 22.7 Å². The highest BCUT2D eigenvalue weighted by Crippen LogP contribution is 2.31. The van der Waals surface area contributed by atoms with E-state index >= 15 is 0 Å². The van der Waals surface area contributed by atoms with Gasteiger partial charge in [-0.05, 0) is 29.8 Å². The van der Waals surface area contributed by atoms with E-state index in [4.69, 9.17) is 15.3 Å². The number of nitriles is 2. The van der Waals surface area contributed by atoms with Crippen molar-refractivity contribution in [2.75, 3.05) is 19.7 Å². The van der Waals surface area contributed by atoms with E-state index in [1.807, 2.05) is 42.5 Å². The molecular weight excluding hydrogens is 444 g/mol. The van der Waals surface area contributed by atoms with Crippen LogP contribution < -0.4 is 0 Å². The molecule has 162 valence electrons. The molecule has 3 rings (SSSR count). The van der Waals surface area contributed by atoms with Crippen LogP contribution in [-0.4, -0.2) is 41.5 Å². The fourth-order valence-corrected chi connectivity index (χ4v) is 4.85. The van der Waals surface area contributed by atoms with Gasteiger partial charge in [-0.25, -0.2) is 9.78 Å². The maximum atomic E-state index is 12.3. The van der Waals surface area contributed by atoms with Crippen LogP contribution in [0.1, 0.15) is 28.8 Å². The van der Waals surface area contributed by atoms with Gasteiger partial charge in [0, 0.05) is 18.8 Å². The Hall–Kier alpha value is -3.40. The third-order valence-corrected chi connectivity index (χ3v) is 6.74. The number of para-hydroxylation sites is 1. The topological polar surface area (TPSA) is 107 Å². The van der Waals surface area contributed by atoms with Gasteiger partial charge in [0.1, 0.15) is 0 Å². The Balaban J connectivity index is 1.50. The van der Waals surface area contributed by atoms with Crippen molar-refractivity contribution in [3.05, 3.63) is 59.7 Å². The smallest absolute Gasteiger partial charge is 0.338 e. The van der Waals surface area contributed by atoms with Crippen molar-refractivity contribution in [2.24, 2.45) is 0 Å². The highest BCUT2D eigenvalue weighted by atomic mass is 32.2. The molecule has 0 aliphatic carbocycles. The zero-order chi connectivity index (χ0) is 22.8. The largest absolute Gasteiger partial charge is 0.452 e. The summed E-state index contributed by atoms with van der Waals surface area (Å²) in [6, 6.07) is 19.0. The molecule has 1 amide bonds. The second kappa shape index (κ2) is 11.8. The lowest BCUT2D eigenvalue weighted by atomic mass is 10.1. The molecule has 0 spiro atoms. The third-order valence-electron chi connectivity index (χ3n) is 4.49. The van der Waals surface area contributed by atoms with Crippen LogP contribution >= 0.6 is 23.1 Å². The number of ether oxygens (including phenoxy) is 1. The zero-order valence-corrected chi connectivity index (χ0v) is 18.8. The van der Waals surface area contributed by atoms with E-state index in [0.29, 0.717) is 5.56 Å². The second-order valence-electron chi connectivity index (χ2n) is 6.71. The first kappa shape index (κ1) is 23.3. The molecule has 3 aromatic rings. The molecule has 1 heterocycles. The van der Waals surface area contributed by atoms with Gasteiger partial charge in [0.2, 0.25) is 0 Å². The molecule has 32 heavy (non-hydrogen) atoms. The number of nitrogens with zero attached hydrogens (tertiary/aromatic N) is 4. The molecule has 0 saturated carbocycles. The van der Waals surface area contributed by atoms with E-state index in [1.54, 1.807) is 35.2 Å². The number of hydrogen-bond acceptors (Lipinski definition) is 8. The van der Waals surface area contributed by atoms with Crippen molar-refractivity contribution in [1.82, 2.24) is 9.88 Å². The average molecular weight is 465 g/mol. The van der Waals surface area contributed by atoms with E-state index < -0.39 is 18.5 Å². The van der Waals surface area contributed by atoms with Gasteiger partial charge in [0.05, 0.1) is 40.8 Å². The summed E-state index contributed by atoms with van der Waals surface area (Å²) in [4.78, 5) is 30.5. The van der Waals surface area contributed by atoms with Crippen molar-refractivity contribution in [1.29, 1.82) is 10.5 Å². The Kier molecular flexibility index (Phi) is 8.61. The number of thiazole rings is 1. The molecule has 0 bridgehead atoms. The maximum absolute atomic E-state index is 12.3. The van der Waals surface area contributed by atoms with Crippen LogP contribution in [0.5, 0.6) is 0 Å². The lowest BCUT2D eigenvalue weighted by molar-refractivity contribution is -0.134. The van der Waals surface area contributed by atoms with Gasteiger partial charge in [-0.3, -0.25) is 4.79 Å². The average Bonchev–Trinajstić information content (AvgIpc) is 3.24. The zero-order valence-electron chi connectivity index (χ0n) is 17.2. The fourth-order valence-electron chi connectivity index (χ4n) is 2.83. The summed E-state index contributed by atoms with van der Waals surface area (Å²) >= 11 is 3.29. The molecule has 0 atom stereocenters. The van der Waals surface area contributed by atoms with Crippen LogP contribution in [0.15, 0.2) is 52.9 Å². The summed E-state index contributed by atoms with van der Waals surface area (Å²) in [5.41, 5.74) is 2.39. The lowest BCUT2D eigenvalue weighted by Crippen LogP contribution is -2.36. The Morgan fingerprint density at radius 1 is 1.03 bits per heavy atom. The molecule has 1 aromatic heterocycles. The van der Waals surface area contributed by atoms with Crippen molar-refractivity contribution < 1.29 is 14.3 Å². The number of aromatic nitrogens is 1. The highest BCUT2D eigenvalue weighted by Gasteiger charge is 2.16. The van der Waals surface area contributed by atoms with Crippen molar-refractivity contribution >= 4 is 45.2 Å². The van der Waals surface area contributed by atoms with Crippen LogP contribution in [0.3, 0.4) is 0 Å². The standard InChI is InChI=1S/C23H20N4O3S2/c24-11-3-13-27(14-4-12-25)21(28)15-30-22(29)18-9-7-17(8-10-18)16-31-23-26-19-5-1-2-6-20(19)32-23/h1-2,5-10H,3-4,13-16H2. The minimum Gasteiger partial charge on any atom is -0.452 e. The first-order valence-electron chi connectivity index (χ1n) is 9.87. The van der Waals surface area contributed by atoms with Crippen LogP contribution in [-0.2, 0) is 15.3 Å². The Morgan fingerprint density at radius 3 is 2.38 bits per heavy atom. The molecule has 0 N–H and O–H groups in total. The first-order valence-corrected chi connectivity index (χ1v) is 11.7. The number of thioether (sulfide) groups is 1. The van der Waals surface area contributed by atoms with Crippen molar-refractivity contribution in [3.8, 4) is 12.1 Å². The van der Waals surface area contributed by atoms with E-state index in [-0.39, 0.29) is 25.9 Å². The Labute approximate surface area is 194 Å². The quantitative estimate of drug-likeness (QED) is 0.323. The number of esters is 1. The van der Waals surface area contributed by atoms with Gasteiger partial charge < -0.3 is 9.64 Å². The third kappa shape index (κ3) is 6.55. The number of hydrogen-bond donors (Lipinski definition) is 0. The van der Waals surface area contributed by atoms with Gasteiger partial charge in [-0.2, -0.15) is 10.5 Å². The molecule has 0 saturated heterocycles. The summed E-state index contributed by atoms with van der Waals surface area (Å²) in [7, 11) is 0. The number of fused-ring (bicyclic) bond motifs is 1. The summed E-state index contributed by atoms with van der Waals surface area (Å²) in [5.74, 6) is -0.294. The van der Waals surface area contributed by atoms with Gasteiger partial charge in [-0.1, -0.05) is 36.0 Å². The summed E-state index contributed by atoms with van der Waals surface area (Å²) < 4.78 is 7.27. The SMILES string of the molecule is N#CCCN(CCC#N)C(=O)COC(=O)c1ccc(CSc2nc3ccccc3s2)cc1. The van der Waals surface area contributed by atoms with Crippen molar-refractivity contribution in [3.63, 3.8) is 0 Å². The molecule has 0 unspecified atom stereocenters. The van der Waals surface area contributed by atoms with Crippen molar-refractivity contribution in [2.45, 2.75) is 22.9 Å². The van der Waals surface area contributed by atoms with Crippen LogP contribution in [0.25, 0.3) is 10.2 Å². The molecule has 0 radical (unpaired) electrons. The van der Waals surface area contributed by atoms with E-state index in [9.17, 15) is 9.59 Å². The van der Waals surface area contributed by atoms with Gasteiger partial charge in [-0.15, -0.1) is 11.3 Å². The van der Waals surface area contributed by atoms with E-state index in [1.165, 1.54) is 4.90 Å². The van der Waals surface area contributed by atoms with Gasteiger partial charge >= 0.3 is 5.97 Å². The van der Waals surface area contributed by atoms with E-state index in [2.05, 4.69) is 11.1 Å². The number of benzene rings is 2. The lowest BCUT2D eigenvalue weighted by Gasteiger charge is -2.20. The molecule has 9 heteroatoms. The predicted molar refractivity (Wildman–Crippen MR) is 123 cm³/mol. The minimum absolute atomic E-state index is 0.154. The molecule has 7 nitrogen and oxygen atoms in total. The molecular formula is C23H20N4O3S2. The molecule has 2 aromatic carbocycles. The second-order valence-corrected chi connectivity index (χ2v) is 8.96. The Bertz CT molecular complexity index is 1110. The normalized spacial score (nSPS) is 10.3. The maximum Gasteiger partial charge on any atom is 0.338 e. The summed E-state index contributed by atoms with van der Waals surface area (Å²) in [6.45, 7) is -0.0178. The minimum atomic E-state index is -0.593. The highest BCUT2D eigenvalue weighted by molar-refractivity contribution is 8.00. The van der Waals surface area contributed by atoms with Crippen LogP contribution in [0.2, 0.25) is 0 Å². The number of rotatable bonds is 10.